The highest BCUT2D eigenvalue weighted by Crippen LogP contribution is 2.32. The largest absolute Gasteiger partial charge is 0.416 e. The van der Waals surface area contributed by atoms with E-state index in [1.807, 2.05) is 0 Å². The first-order valence-electron chi connectivity index (χ1n) is 11.3. The van der Waals surface area contributed by atoms with Crippen LogP contribution in [0, 0.1) is 11.8 Å². The molecule has 0 amide bonds. The van der Waals surface area contributed by atoms with Crippen LogP contribution in [-0.4, -0.2) is 57.0 Å². The van der Waals surface area contributed by atoms with Crippen molar-refractivity contribution in [1.29, 1.82) is 0 Å². The molecule has 4 aromatic rings. The summed E-state index contributed by atoms with van der Waals surface area (Å²) in [7, 11) is -4.22. The fraction of sp³-hybridized carbons (Fsp3) is 0.240. The maximum absolute atomic E-state index is 13.8. The van der Waals surface area contributed by atoms with Gasteiger partial charge < -0.3 is 10.2 Å². The van der Waals surface area contributed by atoms with Gasteiger partial charge in [-0.25, -0.2) is 31.4 Å². The van der Waals surface area contributed by atoms with Crippen molar-refractivity contribution in [2.75, 3.05) is 13.2 Å². The summed E-state index contributed by atoms with van der Waals surface area (Å²) in [5, 5.41) is 22.7. The summed E-state index contributed by atoms with van der Waals surface area (Å²) < 4.78 is 94.9. The van der Waals surface area contributed by atoms with E-state index in [1.165, 1.54) is 25.4 Å². The van der Waals surface area contributed by atoms with Crippen molar-refractivity contribution < 1.29 is 40.6 Å². The number of hydrogen-bond acceptors (Lipinski definition) is 7. The number of aliphatic hydroxyl groups is 2. The van der Waals surface area contributed by atoms with Crippen LogP contribution < -0.4 is 4.72 Å². The number of pyridine rings is 1. The van der Waals surface area contributed by atoms with Crippen molar-refractivity contribution >= 4 is 15.7 Å². The Bertz CT molecular complexity index is 1710. The van der Waals surface area contributed by atoms with Crippen molar-refractivity contribution in [2.24, 2.45) is 0 Å². The number of halogens is 5. The van der Waals surface area contributed by atoms with Crippen LogP contribution in [0.3, 0.4) is 0 Å². The van der Waals surface area contributed by atoms with Crippen LogP contribution in [-0.2, 0) is 16.2 Å². The van der Waals surface area contributed by atoms with E-state index in [2.05, 4.69) is 31.6 Å². The van der Waals surface area contributed by atoms with Crippen LogP contribution in [0.5, 0.6) is 0 Å². The smallest absolute Gasteiger partial charge is 0.394 e. The second kappa shape index (κ2) is 10.9. The lowest BCUT2D eigenvalue weighted by molar-refractivity contribution is -0.137. The van der Waals surface area contributed by atoms with Gasteiger partial charge >= 0.3 is 6.18 Å². The van der Waals surface area contributed by atoms with E-state index in [1.54, 1.807) is 0 Å². The molecule has 0 radical (unpaired) electrons. The minimum atomic E-state index is -4.57. The van der Waals surface area contributed by atoms with Crippen LogP contribution in [0.1, 0.15) is 35.7 Å². The zero-order valence-corrected chi connectivity index (χ0v) is 21.3. The monoisotopic (exact) mass is 581 g/mol. The van der Waals surface area contributed by atoms with Gasteiger partial charge in [0.15, 0.2) is 5.65 Å². The van der Waals surface area contributed by atoms with Crippen molar-refractivity contribution in [2.45, 2.75) is 30.0 Å². The lowest BCUT2D eigenvalue weighted by atomic mass is 10.1. The van der Waals surface area contributed by atoms with Gasteiger partial charge in [0.1, 0.15) is 10.6 Å². The van der Waals surface area contributed by atoms with Crippen LogP contribution in [0.15, 0.2) is 59.9 Å². The maximum atomic E-state index is 13.8. The van der Waals surface area contributed by atoms with Gasteiger partial charge in [-0.3, -0.25) is 4.98 Å². The molecule has 0 saturated heterocycles. The first-order valence-corrected chi connectivity index (χ1v) is 12.8. The van der Waals surface area contributed by atoms with Crippen LogP contribution >= 0.6 is 0 Å². The van der Waals surface area contributed by atoms with Crippen LogP contribution in [0.4, 0.5) is 22.0 Å². The third-order valence-corrected chi connectivity index (χ3v) is 7.28. The van der Waals surface area contributed by atoms with Crippen LogP contribution in [0.25, 0.3) is 16.9 Å². The van der Waals surface area contributed by atoms with Crippen LogP contribution in [0.2, 0.25) is 0 Å². The predicted molar refractivity (Wildman–Crippen MR) is 131 cm³/mol. The summed E-state index contributed by atoms with van der Waals surface area (Å²) >= 11 is 0. The molecule has 1 aromatic carbocycles. The van der Waals surface area contributed by atoms with Crippen molar-refractivity contribution in [3.63, 3.8) is 0 Å². The molecule has 0 bridgehead atoms. The molecule has 210 valence electrons. The summed E-state index contributed by atoms with van der Waals surface area (Å²) in [5.41, 5.74) is -2.78. The SMILES string of the molecule is CC(CO)(CO)NS(=O)(=O)c1cncc(C#Cc2cnn3c(C(F)F)cc(-c4ccc(C(F)(F)F)cc4)nc23)c1. The third-order valence-electron chi connectivity index (χ3n) is 5.67. The standard InChI is InChI=1S/C25H20F5N5O4S/c1-24(13-36,14-37)34-40(38,39)19-8-15(10-31-12-19)2-3-17-11-32-35-21(22(26)27)9-20(33-23(17)35)16-4-6-18(7-5-16)25(28,29)30/h4-12,22,34,36-37H,13-14H2,1H3. The van der Waals surface area contributed by atoms with Gasteiger partial charge in [0, 0.05) is 23.5 Å². The molecular weight excluding hydrogens is 561 g/mol. The van der Waals surface area contributed by atoms with E-state index in [0.29, 0.717) is 0 Å². The summed E-state index contributed by atoms with van der Waals surface area (Å²) in [6.45, 7) is -0.0503. The minimum absolute atomic E-state index is 0.0308. The van der Waals surface area contributed by atoms with E-state index >= 15 is 0 Å². The number of aliphatic hydroxyl groups excluding tert-OH is 2. The number of hydrogen-bond donors (Lipinski definition) is 3. The number of alkyl halides is 5. The van der Waals surface area contributed by atoms with Gasteiger partial charge in [-0.1, -0.05) is 24.0 Å². The summed E-state index contributed by atoms with van der Waals surface area (Å²) in [6.07, 6.45) is -4.12. The molecule has 3 heterocycles. The quantitative estimate of drug-likeness (QED) is 0.226. The molecule has 0 fully saturated rings. The van der Waals surface area contributed by atoms with Gasteiger partial charge in [0.25, 0.3) is 6.43 Å². The molecule has 0 spiro atoms. The zero-order valence-electron chi connectivity index (χ0n) is 20.5. The van der Waals surface area contributed by atoms with Crippen molar-refractivity contribution in [3.8, 4) is 23.1 Å². The normalized spacial score (nSPS) is 12.5. The minimum Gasteiger partial charge on any atom is -0.394 e. The van der Waals surface area contributed by atoms with Gasteiger partial charge in [-0.05, 0) is 31.2 Å². The molecule has 0 aliphatic carbocycles. The lowest BCUT2D eigenvalue weighted by Gasteiger charge is -2.25. The molecule has 0 atom stereocenters. The molecular formula is C25H20F5N5O4S. The van der Waals surface area contributed by atoms with Gasteiger partial charge in [-0.15, -0.1) is 0 Å². The fourth-order valence-corrected chi connectivity index (χ4v) is 4.86. The van der Waals surface area contributed by atoms with E-state index in [-0.39, 0.29) is 32.9 Å². The van der Waals surface area contributed by atoms with Gasteiger partial charge in [0.2, 0.25) is 10.0 Å². The summed E-state index contributed by atoms with van der Waals surface area (Å²) in [4.78, 5) is 7.82. The van der Waals surface area contributed by atoms with Crippen molar-refractivity contribution in [3.05, 3.63) is 77.4 Å². The number of rotatable bonds is 7. The van der Waals surface area contributed by atoms with E-state index in [0.717, 1.165) is 41.0 Å². The topological polar surface area (TPSA) is 130 Å². The number of sulfonamides is 1. The Labute approximate surface area is 224 Å². The van der Waals surface area contributed by atoms with E-state index in [4.69, 9.17) is 0 Å². The number of nitrogens with zero attached hydrogens (tertiary/aromatic N) is 4. The number of fused-ring (bicyclic) bond motifs is 1. The number of nitrogens with one attached hydrogen (secondary N) is 1. The molecule has 40 heavy (non-hydrogen) atoms. The Morgan fingerprint density at radius 2 is 1.70 bits per heavy atom. The van der Waals surface area contributed by atoms with Crippen molar-refractivity contribution in [1.82, 2.24) is 24.3 Å². The average Bonchev–Trinajstić information content (AvgIpc) is 3.33. The summed E-state index contributed by atoms with van der Waals surface area (Å²) in [6, 6.07) is 6.04. The average molecular weight is 582 g/mol. The summed E-state index contributed by atoms with van der Waals surface area (Å²) in [5.74, 6) is 5.35. The van der Waals surface area contributed by atoms with Gasteiger partial charge in [0.05, 0.1) is 41.8 Å². The van der Waals surface area contributed by atoms with Gasteiger partial charge in [-0.2, -0.15) is 18.3 Å². The molecule has 0 saturated carbocycles. The molecule has 4 rings (SSSR count). The second-order valence-corrected chi connectivity index (χ2v) is 10.6. The highest BCUT2D eigenvalue weighted by atomic mass is 32.2. The highest BCUT2D eigenvalue weighted by molar-refractivity contribution is 7.89. The highest BCUT2D eigenvalue weighted by Gasteiger charge is 2.31. The fourth-order valence-electron chi connectivity index (χ4n) is 3.48. The Balaban J connectivity index is 1.73. The molecule has 3 N–H and O–H groups in total. The predicted octanol–water partition coefficient (Wildman–Crippen LogP) is 3.17. The molecule has 0 unspecified atom stereocenters. The first kappa shape index (κ1) is 29.0. The Kier molecular flexibility index (Phi) is 7.90. The van der Waals surface area contributed by atoms with E-state index in [9.17, 15) is 40.6 Å². The Morgan fingerprint density at radius 1 is 1.02 bits per heavy atom. The Hall–Kier alpha value is -3.97. The molecule has 0 aliphatic heterocycles. The second-order valence-electron chi connectivity index (χ2n) is 8.88. The third kappa shape index (κ3) is 6.10. The molecule has 3 aromatic heterocycles. The molecule has 9 nitrogen and oxygen atoms in total. The maximum Gasteiger partial charge on any atom is 0.416 e. The number of aromatic nitrogens is 4. The molecule has 15 heteroatoms. The lowest BCUT2D eigenvalue weighted by Crippen LogP contribution is -2.51. The molecule has 0 aliphatic rings. The first-order chi connectivity index (χ1) is 18.8. The van der Waals surface area contributed by atoms with E-state index < -0.39 is 52.6 Å². The number of benzene rings is 1. The Morgan fingerprint density at radius 3 is 2.30 bits per heavy atom. The zero-order chi connectivity index (χ0) is 29.3.